The van der Waals surface area contributed by atoms with Gasteiger partial charge in [0.25, 0.3) is 5.91 Å². The molecule has 10 heteroatoms. The minimum Gasteiger partial charge on any atom is -0.337 e. The number of nitrogens with zero attached hydrogens (tertiary/aromatic N) is 4. The zero-order valence-corrected chi connectivity index (χ0v) is 21.1. The van der Waals surface area contributed by atoms with Crippen molar-refractivity contribution in [1.82, 2.24) is 19.4 Å². The summed E-state index contributed by atoms with van der Waals surface area (Å²) in [7, 11) is 3.85. The average Bonchev–Trinajstić information content (AvgIpc) is 3.04. The second kappa shape index (κ2) is 11.2. The molecule has 0 saturated carbocycles. The van der Waals surface area contributed by atoms with Crippen LogP contribution in [0.3, 0.4) is 0 Å². The molecule has 0 aliphatic carbocycles. The number of likely N-dealkylation sites (N-methyl/N-ethyl adjacent to an activating group) is 1. The molecule has 1 saturated heterocycles. The number of aromatic nitrogens is 2. The molecule has 1 aliphatic heterocycles. The normalized spacial score (nSPS) is 16.5. The Labute approximate surface area is 213 Å². The molecule has 2 aromatic carbocycles. The van der Waals surface area contributed by atoms with E-state index in [1.807, 2.05) is 54.8 Å². The summed E-state index contributed by atoms with van der Waals surface area (Å²) in [5, 5.41) is 2.66. The van der Waals surface area contributed by atoms with Gasteiger partial charge in [0, 0.05) is 31.3 Å². The van der Waals surface area contributed by atoms with Crippen LogP contribution in [0.1, 0.15) is 41.2 Å². The van der Waals surface area contributed by atoms with Crippen molar-refractivity contribution in [2.45, 2.75) is 32.2 Å². The topological polar surface area (TPSA) is 70.5 Å². The Bertz CT molecular complexity index is 1330. The van der Waals surface area contributed by atoms with Crippen molar-refractivity contribution in [2.75, 3.05) is 39.0 Å². The first-order valence-corrected chi connectivity index (χ1v) is 12.2. The van der Waals surface area contributed by atoms with Crippen LogP contribution in [0.25, 0.3) is 11.0 Å². The molecule has 4 rings (SSSR count). The number of amides is 2. The Kier molecular flexibility index (Phi) is 7.97. The van der Waals surface area contributed by atoms with Crippen molar-refractivity contribution in [3.8, 4) is 0 Å². The van der Waals surface area contributed by atoms with Gasteiger partial charge >= 0.3 is 0 Å². The largest absolute Gasteiger partial charge is 0.337 e. The molecular weight excluding hydrogens is 483 g/mol. The van der Waals surface area contributed by atoms with Crippen molar-refractivity contribution < 1.29 is 22.8 Å². The molecule has 1 fully saturated rings. The summed E-state index contributed by atoms with van der Waals surface area (Å²) in [5.74, 6) is -5.24. The van der Waals surface area contributed by atoms with E-state index in [-0.39, 0.29) is 23.5 Å². The summed E-state index contributed by atoms with van der Waals surface area (Å²) in [5.41, 5.74) is 2.00. The highest BCUT2D eigenvalue weighted by Gasteiger charge is 2.27. The third-order valence-corrected chi connectivity index (χ3v) is 6.44. The molecule has 196 valence electrons. The molecular formula is C27H30F3N5O2. The molecule has 0 radical (unpaired) electrons. The Morgan fingerprint density at radius 1 is 1.16 bits per heavy atom. The van der Waals surface area contributed by atoms with E-state index in [0.717, 1.165) is 30.3 Å². The van der Waals surface area contributed by atoms with E-state index in [0.29, 0.717) is 37.3 Å². The van der Waals surface area contributed by atoms with Crippen LogP contribution in [0, 0.1) is 24.4 Å². The summed E-state index contributed by atoms with van der Waals surface area (Å²) >= 11 is 0. The number of halogens is 3. The molecule has 1 N–H and O–H groups in total. The highest BCUT2D eigenvalue weighted by molar-refractivity contribution is 6.04. The summed E-state index contributed by atoms with van der Waals surface area (Å²) in [4.78, 5) is 34.2. The van der Waals surface area contributed by atoms with E-state index < -0.39 is 23.4 Å². The van der Waals surface area contributed by atoms with Crippen LogP contribution in [0.2, 0.25) is 0 Å². The third kappa shape index (κ3) is 5.85. The molecule has 1 aliphatic rings. The number of nitrogens with one attached hydrogen (secondary N) is 1. The van der Waals surface area contributed by atoms with Crippen LogP contribution in [-0.4, -0.2) is 64.9 Å². The van der Waals surface area contributed by atoms with Crippen LogP contribution < -0.4 is 5.32 Å². The minimum absolute atomic E-state index is 0.0854. The molecule has 2 amide bonds. The van der Waals surface area contributed by atoms with E-state index in [1.165, 1.54) is 0 Å². The fourth-order valence-corrected chi connectivity index (χ4v) is 4.63. The predicted octanol–water partition coefficient (Wildman–Crippen LogP) is 4.69. The lowest BCUT2D eigenvalue weighted by molar-refractivity contribution is -0.126. The Morgan fingerprint density at radius 3 is 2.59 bits per heavy atom. The standard InChI is InChI=1S/C27H30F3N5O2/c1-17-8-6-10-22-25(17)35(19-9-4-5-13-34(16-19)23(36)11-7-12-33(2)3)27(31-22)32-26(37)18-14-20(28)24(30)21(29)15-18/h6-8,10-11,14-15,19H,4-5,9,12-13,16H2,1-3H3,(H,31,32,37)/b11-7+. The lowest BCUT2D eigenvalue weighted by Gasteiger charge is -2.26. The van der Waals surface area contributed by atoms with Gasteiger partial charge < -0.3 is 14.4 Å². The maximum atomic E-state index is 13.8. The smallest absolute Gasteiger partial charge is 0.258 e. The number of rotatable bonds is 6. The SMILES string of the molecule is Cc1cccc2nc(NC(=O)c3cc(F)c(F)c(F)c3)n(C3CCCCN(C(=O)/C=C/CN(C)C)C3)c12. The zero-order valence-electron chi connectivity index (χ0n) is 21.1. The van der Waals surface area contributed by atoms with E-state index in [1.54, 1.807) is 11.0 Å². The van der Waals surface area contributed by atoms with Gasteiger partial charge in [-0.15, -0.1) is 0 Å². The van der Waals surface area contributed by atoms with Gasteiger partial charge in [-0.1, -0.05) is 18.2 Å². The maximum absolute atomic E-state index is 13.8. The number of imidazole rings is 1. The summed E-state index contributed by atoms with van der Waals surface area (Å²) in [6.07, 6.45) is 5.85. The molecule has 1 unspecified atom stereocenters. The monoisotopic (exact) mass is 513 g/mol. The van der Waals surface area contributed by atoms with E-state index in [4.69, 9.17) is 0 Å². The van der Waals surface area contributed by atoms with E-state index >= 15 is 0 Å². The van der Waals surface area contributed by atoms with Crippen molar-refractivity contribution in [1.29, 1.82) is 0 Å². The van der Waals surface area contributed by atoms with Crippen LogP contribution in [0.4, 0.5) is 19.1 Å². The number of hydrogen-bond donors (Lipinski definition) is 1. The molecule has 7 nitrogen and oxygen atoms in total. The molecule has 37 heavy (non-hydrogen) atoms. The number of hydrogen-bond acceptors (Lipinski definition) is 4. The second-order valence-electron chi connectivity index (χ2n) is 9.55. The van der Waals surface area contributed by atoms with Gasteiger partial charge in [0.1, 0.15) is 0 Å². The first kappa shape index (κ1) is 26.4. The number of fused-ring (bicyclic) bond motifs is 1. The molecule has 1 aromatic heterocycles. The van der Waals surface area contributed by atoms with E-state index in [9.17, 15) is 22.8 Å². The highest BCUT2D eigenvalue weighted by atomic mass is 19.2. The first-order chi connectivity index (χ1) is 17.7. The number of likely N-dealkylation sites (tertiary alicyclic amines) is 1. The van der Waals surface area contributed by atoms with Gasteiger partial charge in [-0.2, -0.15) is 0 Å². The van der Waals surface area contributed by atoms with Gasteiger partial charge in [-0.25, -0.2) is 18.2 Å². The van der Waals surface area contributed by atoms with Crippen LogP contribution in [-0.2, 0) is 4.79 Å². The van der Waals surface area contributed by atoms with Crippen LogP contribution >= 0.6 is 0 Å². The summed E-state index contributed by atoms with van der Waals surface area (Å²) in [6.45, 7) is 3.60. The fourth-order valence-electron chi connectivity index (χ4n) is 4.63. The lowest BCUT2D eigenvalue weighted by atomic mass is 10.1. The Balaban J connectivity index is 1.69. The van der Waals surface area contributed by atoms with Crippen LogP contribution in [0.15, 0.2) is 42.5 Å². The van der Waals surface area contributed by atoms with Crippen molar-refractivity contribution >= 4 is 28.8 Å². The number of aryl methyl sites for hydroxylation is 1. The third-order valence-electron chi connectivity index (χ3n) is 6.44. The van der Waals surface area contributed by atoms with Crippen molar-refractivity contribution in [2.24, 2.45) is 0 Å². The van der Waals surface area contributed by atoms with Crippen molar-refractivity contribution in [3.05, 3.63) is 71.1 Å². The molecule has 3 aromatic rings. The highest BCUT2D eigenvalue weighted by Crippen LogP contribution is 2.32. The fraction of sp³-hybridized carbons (Fsp3) is 0.370. The lowest BCUT2D eigenvalue weighted by Crippen LogP contribution is -2.35. The number of para-hydroxylation sites is 1. The van der Waals surface area contributed by atoms with Gasteiger partial charge in [-0.05, 0) is 64.0 Å². The number of carbonyl (C=O) groups excluding carboxylic acids is 2. The predicted molar refractivity (Wildman–Crippen MR) is 136 cm³/mol. The maximum Gasteiger partial charge on any atom is 0.258 e. The summed E-state index contributed by atoms with van der Waals surface area (Å²) < 4.78 is 42.8. The molecule has 0 spiro atoms. The first-order valence-electron chi connectivity index (χ1n) is 12.2. The minimum atomic E-state index is -1.64. The molecule has 2 heterocycles. The Morgan fingerprint density at radius 2 is 1.89 bits per heavy atom. The van der Waals surface area contributed by atoms with Crippen LogP contribution in [0.5, 0.6) is 0 Å². The number of anilines is 1. The van der Waals surface area contributed by atoms with Gasteiger partial charge in [0.05, 0.1) is 17.1 Å². The van der Waals surface area contributed by atoms with Gasteiger partial charge in [0.2, 0.25) is 11.9 Å². The number of carbonyl (C=O) groups is 2. The molecule has 0 bridgehead atoms. The molecule has 1 atom stereocenters. The zero-order chi connectivity index (χ0) is 26.7. The van der Waals surface area contributed by atoms with Gasteiger partial charge in [0.15, 0.2) is 17.5 Å². The number of benzene rings is 2. The summed E-state index contributed by atoms with van der Waals surface area (Å²) in [6, 6.07) is 6.70. The second-order valence-corrected chi connectivity index (χ2v) is 9.55. The average molecular weight is 514 g/mol. The quantitative estimate of drug-likeness (QED) is 0.384. The van der Waals surface area contributed by atoms with Gasteiger partial charge in [-0.3, -0.25) is 14.9 Å². The van der Waals surface area contributed by atoms with E-state index in [2.05, 4.69) is 10.3 Å². The Hall–Kier alpha value is -3.66. The van der Waals surface area contributed by atoms with Crippen molar-refractivity contribution in [3.63, 3.8) is 0 Å².